The van der Waals surface area contributed by atoms with Gasteiger partial charge in [0.2, 0.25) is 5.43 Å². The number of rotatable bonds is 18. The largest absolute Gasteiger partial charge is 1.00 e. The van der Waals surface area contributed by atoms with Crippen LogP contribution in [0.2, 0.25) is 0 Å². The molecule has 276 valence electrons. The van der Waals surface area contributed by atoms with Gasteiger partial charge in [0.05, 0.1) is 31.5 Å². The van der Waals surface area contributed by atoms with E-state index in [-0.39, 0.29) is 40.2 Å². The first-order chi connectivity index (χ1) is 24.8. The Bertz CT molecular complexity index is 1970. The summed E-state index contributed by atoms with van der Waals surface area (Å²) in [5.41, 5.74) is 0.438. The maximum Gasteiger partial charge on any atom is 0.263 e. The Balaban J connectivity index is 0.00000605. The van der Waals surface area contributed by atoms with Crippen LogP contribution in [0.1, 0.15) is 69.2 Å². The van der Waals surface area contributed by atoms with Crippen LogP contribution >= 0.6 is 0 Å². The highest BCUT2D eigenvalue weighted by molar-refractivity contribution is 6.07. The molecule has 2 aromatic heterocycles. The van der Waals surface area contributed by atoms with Gasteiger partial charge in [-0.05, 0) is 50.5 Å². The normalized spacial score (nSPS) is 10.9. The van der Waals surface area contributed by atoms with Crippen molar-refractivity contribution in [2.24, 2.45) is 0 Å². The summed E-state index contributed by atoms with van der Waals surface area (Å²) in [6.07, 6.45) is 13.0. The number of aryl methyl sites for hydroxylation is 1. The third kappa shape index (κ3) is 10.4. The summed E-state index contributed by atoms with van der Waals surface area (Å²) in [5, 5.41) is 0.280. The lowest BCUT2D eigenvalue weighted by molar-refractivity contribution is -0.697. The molecule has 11 heteroatoms. The van der Waals surface area contributed by atoms with E-state index in [9.17, 15) is 18.4 Å². The molecule has 0 atom stereocenters. The summed E-state index contributed by atoms with van der Waals surface area (Å²) >= 11 is 0. The number of hydrogen-bond donors (Lipinski definition) is 0. The molecular formula is C41H46BrF2N3O5. The number of amides is 1. The lowest BCUT2D eigenvalue weighted by atomic mass is 10.1. The SMILES string of the molecule is CCCOc1cc(OC)cc(-n2cc(C(=O)N(CC)c3cc(F)cc(F)c3)c(=O)c3ccc(OCCCCCCCC[n+]4ccccc4)cc32)c1.[Br-]. The number of ether oxygens (including phenoxy) is 3. The quantitative estimate of drug-likeness (QED) is 0.0876. The number of aromatic nitrogens is 2. The van der Waals surface area contributed by atoms with Gasteiger partial charge in [-0.3, -0.25) is 9.59 Å². The van der Waals surface area contributed by atoms with E-state index in [4.69, 9.17) is 14.2 Å². The molecular weight excluding hydrogens is 732 g/mol. The fraction of sp³-hybridized carbons (Fsp3) is 0.341. The van der Waals surface area contributed by atoms with Crippen LogP contribution in [0.3, 0.4) is 0 Å². The highest BCUT2D eigenvalue weighted by atomic mass is 79.9. The number of carbonyl (C=O) groups excluding carboxylic acids is 1. The Morgan fingerprint density at radius 3 is 2.15 bits per heavy atom. The van der Waals surface area contributed by atoms with E-state index < -0.39 is 23.0 Å². The highest BCUT2D eigenvalue weighted by Gasteiger charge is 2.24. The molecule has 0 spiro atoms. The van der Waals surface area contributed by atoms with Crippen molar-refractivity contribution < 1.29 is 49.3 Å². The van der Waals surface area contributed by atoms with E-state index in [1.54, 1.807) is 48.9 Å². The molecule has 0 aliphatic heterocycles. The van der Waals surface area contributed by atoms with Gasteiger partial charge in [-0.15, -0.1) is 0 Å². The first kappa shape index (κ1) is 40.0. The van der Waals surface area contributed by atoms with Crippen LogP contribution in [-0.2, 0) is 6.54 Å². The number of hydrogen-bond acceptors (Lipinski definition) is 5. The predicted molar refractivity (Wildman–Crippen MR) is 195 cm³/mol. The van der Waals surface area contributed by atoms with Crippen molar-refractivity contribution in [1.29, 1.82) is 0 Å². The van der Waals surface area contributed by atoms with Crippen molar-refractivity contribution >= 4 is 22.5 Å². The molecule has 3 aromatic carbocycles. The molecule has 5 rings (SSSR count). The number of methoxy groups -OCH3 is 1. The monoisotopic (exact) mass is 777 g/mol. The third-order valence-electron chi connectivity index (χ3n) is 8.64. The second-order valence-corrected chi connectivity index (χ2v) is 12.4. The topological polar surface area (TPSA) is 73.9 Å². The number of benzene rings is 3. The zero-order chi connectivity index (χ0) is 36.2. The zero-order valence-electron chi connectivity index (χ0n) is 30.0. The molecule has 0 bridgehead atoms. The van der Waals surface area contributed by atoms with Crippen LogP contribution < -0.4 is 46.1 Å². The standard InChI is InChI=1S/C41H46F2N3O5.BrH/c1-4-20-50-36-26-33(25-35(27-36)49-3)46-29-38(41(48)45(5-2)32-23-30(42)22-31(43)24-32)40(47)37-16-15-34(28-39(37)46)51-21-14-9-7-6-8-11-17-44-18-12-10-13-19-44;/h10,12-13,15-16,18-19,22-29H,4-9,11,14,17,20-21H2,1-3H3;1H/q+1;/p-1. The van der Waals surface area contributed by atoms with Crippen LogP contribution in [0, 0.1) is 11.6 Å². The van der Waals surface area contributed by atoms with E-state index in [1.165, 1.54) is 23.9 Å². The van der Waals surface area contributed by atoms with Crippen LogP contribution in [0.4, 0.5) is 14.5 Å². The fourth-order valence-corrected chi connectivity index (χ4v) is 6.04. The van der Waals surface area contributed by atoms with E-state index in [1.807, 2.05) is 31.2 Å². The van der Waals surface area contributed by atoms with Crippen LogP contribution in [-0.4, -0.2) is 37.3 Å². The van der Waals surface area contributed by atoms with Gasteiger partial charge in [0.25, 0.3) is 5.91 Å². The van der Waals surface area contributed by atoms with Crippen LogP contribution in [0.5, 0.6) is 17.2 Å². The Labute approximate surface area is 314 Å². The fourth-order valence-electron chi connectivity index (χ4n) is 6.04. The zero-order valence-corrected chi connectivity index (χ0v) is 31.5. The van der Waals surface area contributed by atoms with Gasteiger partial charge < -0.3 is 40.7 Å². The van der Waals surface area contributed by atoms with Crippen molar-refractivity contribution in [3.8, 4) is 22.9 Å². The number of unbranched alkanes of at least 4 members (excludes halogenated alkanes) is 5. The van der Waals surface area contributed by atoms with E-state index >= 15 is 0 Å². The molecule has 0 radical (unpaired) electrons. The third-order valence-corrected chi connectivity index (χ3v) is 8.64. The van der Waals surface area contributed by atoms with Crippen molar-refractivity contribution in [2.45, 2.75) is 65.3 Å². The first-order valence-electron chi connectivity index (χ1n) is 17.7. The maximum atomic E-state index is 14.2. The molecule has 0 fully saturated rings. The maximum absolute atomic E-state index is 14.2. The van der Waals surface area contributed by atoms with Gasteiger partial charge in [0.1, 0.15) is 41.0 Å². The summed E-state index contributed by atoms with van der Waals surface area (Å²) in [6.45, 7) is 5.80. The average molecular weight is 779 g/mol. The summed E-state index contributed by atoms with van der Waals surface area (Å²) < 4.78 is 49.9. The molecule has 0 saturated carbocycles. The predicted octanol–water partition coefficient (Wildman–Crippen LogP) is 5.44. The van der Waals surface area contributed by atoms with Crippen LogP contribution in [0.15, 0.2) is 96.2 Å². The first-order valence-corrected chi connectivity index (χ1v) is 17.7. The lowest BCUT2D eigenvalue weighted by Gasteiger charge is -2.22. The molecule has 0 unspecified atom stereocenters. The number of pyridine rings is 2. The van der Waals surface area contributed by atoms with Gasteiger partial charge in [-0.25, -0.2) is 13.3 Å². The minimum absolute atomic E-state index is 0. The average Bonchev–Trinajstić information content (AvgIpc) is 3.13. The second kappa shape index (κ2) is 19.7. The van der Waals surface area contributed by atoms with Gasteiger partial charge in [0, 0.05) is 72.7 Å². The molecule has 0 aliphatic carbocycles. The summed E-state index contributed by atoms with van der Waals surface area (Å²) in [4.78, 5) is 29.1. The summed E-state index contributed by atoms with van der Waals surface area (Å²) in [5.74, 6) is -0.669. The Hall–Kier alpha value is -4.77. The Kier molecular flexibility index (Phi) is 15.2. The molecule has 0 N–H and O–H groups in total. The number of anilines is 1. The second-order valence-electron chi connectivity index (χ2n) is 12.4. The molecule has 52 heavy (non-hydrogen) atoms. The van der Waals surface area contributed by atoms with Crippen LogP contribution in [0.25, 0.3) is 16.6 Å². The van der Waals surface area contributed by atoms with Gasteiger partial charge >= 0.3 is 0 Å². The number of fused-ring (bicyclic) bond motifs is 1. The minimum Gasteiger partial charge on any atom is -1.00 e. The van der Waals surface area contributed by atoms with Crippen molar-refractivity contribution in [2.75, 3.05) is 31.8 Å². The van der Waals surface area contributed by atoms with E-state index in [0.29, 0.717) is 41.7 Å². The number of nitrogens with zero attached hydrogens (tertiary/aromatic N) is 3. The number of halogens is 3. The molecule has 5 aromatic rings. The van der Waals surface area contributed by atoms with Gasteiger partial charge in [0.15, 0.2) is 12.4 Å². The van der Waals surface area contributed by atoms with Crippen molar-refractivity contribution in [3.63, 3.8) is 0 Å². The minimum atomic E-state index is -0.825. The summed E-state index contributed by atoms with van der Waals surface area (Å²) in [7, 11) is 1.55. The molecule has 8 nitrogen and oxygen atoms in total. The summed E-state index contributed by atoms with van der Waals surface area (Å²) in [6, 6.07) is 19.5. The molecule has 1 amide bonds. The van der Waals surface area contributed by atoms with E-state index in [0.717, 1.165) is 56.8 Å². The Morgan fingerprint density at radius 2 is 1.46 bits per heavy atom. The molecule has 0 aliphatic rings. The van der Waals surface area contributed by atoms with Gasteiger partial charge in [-0.2, -0.15) is 0 Å². The van der Waals surface area contributed by atoms with Crippen molar-refractivity contribution in [1.82, 2.24) is 4.57 Å². The smallest absolute Gasteiger partial charge is 0.263 e. The molecule has 0 saturated heterocycles. The Morgan fingerprint density at radius 1 is 0.788 bits per heavy atom. The van der Waals surface area contributed by atoms with E-state index in [2.05, 4.69) is 17.0 Å². The molecule has 2 heterocycles. The highest BCUT2D eigenvalue weighted by Crippen LogP contribution is 2.30. The lowest BCUT2D eigenvalue weighted by Crippen LogP contribution is -3.00. The number of carbonyl (C=O) groups is 1. The van der Waals surface area contributed by atoms with Crippen molar-refractivity contribution in [3.05, 3.63) is 119 Å². The van der Waals surface area contributed by atoms with Gasteiger partial charge in [-0.1, -0.05) is 32.3 Å².